The lowest BCUT2D eigenvalue weighted by Gasteiger charge is -2.30. The molecule has 1 aliphatic carbocycles. The molecule has 8 nitrogen and oxygen atoms in total. The highest BCUT2D eigenvalue weighted by Crippen LogP contribution is 2.29. The summed E-state index contributed by atoms with van der Waals surface area (Å²) >= 11 is 6.17. The second-order valence-electron chi connectivity index (χ2n) is 8.01. The van der Waals surface area contributed by atoms with Crippen molar-refractivity contribution in [3.8, 4) is 0 Å². The third kappa shape index (κ3) is 4.91. The van der Waals surface area contributed by atoms with E-state index in [9.17, 15) is 4.79 Å². The zero-order chi connectivity index (χ0) is 22.7. The Hall–Kier alpha value is -3.39. The van der Waals surface area contributed by atoms with Crippen molar-refractivity contribution < 1.29 is 4.79 Å². The third-order valence-corrected chi connectivity index (χ3v) is 5.89. The SMILES string of the molecule is Cc1ccc2nc(NC(=O)c3ccccc3Cl)nc(NC3CCCCC3N=C(N)N)c2c1. The number of nitrogens with two attached hydrogens (primary N) is 2. The number of carbonyl (C=O) groups is 1. The first kappa shape index (κ1) is 21.8. The Morgan fingerprint density at radius 1 is 1.12 bits per heavy atom. The first-order valence-electron chi connectivity index (χ1n) is 10.6. The maximum Gasteiger partial charge on any atom is 0.259 e. The summed E-state index contributed by atoms with van der Waals surface area (Å²) in [5.74, 6) is 0.544. The summed E-state index contributed by atoms with van der Waals surface area (Å²) in [5, 5.41) is 7.53. The highest BCUT2D eigenvalue weighted by molar-refractivity contribution is 6.34. The van der Waals surface area contributed by atoms with Gasteiger partial charge in [-0.15, -0.1) is 0 Å². The van der Waals surface area contributed by atoms with Crippen LogP contribution in [0.4, 0.5) is 11.8 Å². The molecule has 1 aromatic heterocycles. The molecule has 1 heterocycles. The van der Waals surface area contributed by atoms with Crippen molar-refractivity contribution in [2.24, 2.45) is 16.5 Å². The van der Waals surface area contributed by atoms with Crippen LogP contribution in [0.5, 0.6) is 0 Å². The monoisotopic (exact) mass is 451 g/mol. The van der Waals surface area contributed by atoms with Crippen LogP contribution in [-0.2, 0) is 0 Å². The van der Waals surface area contributed by atoms with Crippen LogP contribution in [0.3, 0.4) is 0 Å². The van der Waals surface area contributed by atoms with Gasteiger partial charge >= 0.3 is 0 Å². The molecule has 1 fully saturated rings. The molecule has 2 aromatic carbocycles. The maximum absolute atomic E-state index is 12.8. The average Bonchev–Trinajstić information content (AvgIpc) is 2.75. The number of guanidine groups is 1. The Morgan fingerprint density at radius 2 is 1.91 bits per heavy atom. The Kier molecular flexibility index (Phi) is 6.41. The van der Waals surface area contributed by atoms with Crippen molar-refractivity contribution in [3.63, 3.8) is 0 Å². The van der Waals surface area contributed by atoms with Crippen LogP contribution in [0.15, 0.2) is 47.5 Å². The van der Waals surface area contributed by atoms with Gasteiger partial charge in [-0.2, -0.15) is 4.98 Å². The highest BCUT2D eigenvalue weighted by Gasteiger charge is 2.26. The lowest BCUT2D eigenvalue weighted by atomic mass is 9.90. The lowest BCUT2D eigenvalue weighted by Crippen LogP contribution is -2.38. The molecule has 0 spiro atoms. The molecule has 0 radical (unpaired) electrons. The first-order chi connectivity index (χ1) is 15.4. The summed E-state index contributed by atoms with van der Waals surface area (Å²) in [6.07, 6.45) is 3.96. The van der Waals surface area contributed by atoms with Crippen molar-refractivity contribution >= 4 is 46.1 Å². The van der Waals surface area contributed by atoms with Gasteiger partial charge in [0.2, 0.25) is 5.95 Å². The lowest BCUT2D eigenvalue weighted by molar-refractivity contribution is 0.102. The van der Waals surface area contributed by atoms with Crippen LogP contribution in [0.1, 0.15) is 41.6 Å². The van der Waals surface area contributed by atoms with Crippen molar-refractivity contribution in [1.29, 1.82) is 0 Å². The van der Waals surface area contributed by atoms with E-state index in [0.717, 1.165) is 42.1 Å². The number of anilines is 2. The van der Waals surface area contributed by atoms with Crippen LogP contribution in [0.25, 0.3) is 10.9 Å². The molecule has 3 aromatic rings. The highest BCUT2D eigenvalue weighted by atomic mass is 35.5. The fourth-order valence-corrected chi connectivity index (χ4v) is 4.25. The summed E-state index contributed by atoms with van der Waals surface area (Å²) in [5.41, 5.74) is 13.5. The summed E-state index contributed by atoms with van der Waals surface area (Å²) < 4.78 is 0. The minimum Gasteiger partial charge on any atom is -0.370 e. The number of hydrogen-bond donors (Lipinski definition) is 4. The summed E-state index contributed by atoms with van der Waals surface area (Å²) in [6, 6.07) is 12.7. The molecule has 2 unspecified atom stereocenters. The number of halogens is 1. The van der Waals surface area contributed by atoms with Gasteiger partial charge in [-0.05, 0) is 44.0 Å². The molecule has 1 amide bonds. The van der Waals surface area contributed by atoms with Gasteiger partial charge in [0.15, 0.2) is 5.96 Å². The van der Waals surface area contributed by atoms with Gasteiger partial charge in [0.1, 0.15) is 5.82 Å². The number of aliphatic imine (C=N–C) groups is 1. The number of aromatic nitrogens is 2. The standard InChI is InChI=1S/C23H26ClN7O/c1-13-10-11-17-15(12-13)20(27-18-8-4-5-9-19(18)28-22(25)26)30-23(29-17)31-21(32)14-6-2-3-7-16(14)24/h2-3,6-7,10-12,18-19H,4-5,8-9H2,1H3,(H4,25,26,28)(H2,27,29,30,31,32). The summed E-state index contributed by atoms with van der Waals surface area (Å²) in [6.45, 7) is 2.01. The van der Waals surface area contributed by atoms with Gasteiger partial charge < -0.3 is 16.8 Å². The van der Waals surface area contributed by atoms with Gasteiger partial charge in [-0.25, -0.2) is 9.98 Å². The normalized spacial score (nSPS) is 18.2. The fourth-order valence-electron chi connectivity index (χ4n) is 4.02. The fraction of sp³-hybridized carbons (Fsp3) is 0.304. The van der Waals surface area contributed by atoms with Crippen molar-refractivity contribution in [2.45, 2.75) is 44.7 Å². The van der Waals surface area contributed by atoms with Crippen LogP contribution >= 0.6 is 11.6 Å². The minimum absolute atomic E-state index is 0.0246. The number of fused-ring (bicyclic) bond motifs is 1. The molecule has 0 saturated heterocycles. The van der Waals surface area contributed by atoms with E-state index in [-0.39, 0.29) is 29.9 Å². The van der Waals surface area contributed by atoms with Crippen LogP contribution < -0.4 is 22.1 Å². The van der Waals surface area contributed by atoms with Gasteiger partial charge in [-0.1, -0.05) is 48.2 Å². The number of nitrogens with one attached hydrogen (secondary N) is 2. The number of benzene rings is 2. The van der Waals surface area contributed by atoms with Gasteiger partial charge in [-0.3, -0.25) is 10.1 Å². The van der Waals surface area contributed by atoms with Crippen molar-refractivity contribution in [2.75, 3.05) is 10.6 Å². The number of nitrogens with zero attached hydrogens (tertiary/aromatic N) is 3. The Balaban J connectivity index is 1.69. The first-order valence-corrected chi connectivity index (χ1v) is 11.0. The van der Waals surface area contributed by atoms with E-state index in [0.29, 0.717) is 16.4 Å². The molecule has 0 aliphatic heterocycles. The topological polar surface area (TPSA) is 131 Å². The molecular formula is C23H26ClN7O. The summed E-state index contributed by atoms with van der Waals surface area (Å²) in [4.78, 5) is 26.3. The van der Waals surface area contributed by atoms with E-state index in [1.165, 1.54) is 0 Å². The Labute approximate surface area is 191 Å². The van der Waals surface area contributed by atoms with Gasteiger partial charge in [0.25, 0.3) is 5.91 Å². The number of amides is 1. The zero-order valence-electron chi connectivity index (χ0n) is 17.8. The van der Waals surface area contributed by atoms with E-state index in [1.807, 2.05) is 25.1 Å². The van der Waals surface area contributed by atoms with Gasteiger partial charge in [0, 0.05) is 5.39 Å². The molecule has 32 heavy (non-hydrogen) atoms. The van der Waals surface area contributed by atoms with E-state index < -0.39 is 0 Å². The molecule has 9 heteroatoms. The molecule has 6 N–H and O–H groups in total. The number of hydrogen-bond acceptors (Lipinski definition) is 5. The number of rotatable bonds is 5. The maximum atomic E-state index is 12.8. The van der Waals surface area contributed by atoms with Crippen molar-refractivity contribution in [1.82, 2.24) is 9.97 Å². The number of carbonyl (C=O) groups excluding carboxylic acids is 1. The second kappa shape index (κ2) is 9.40. The molecule has 4 rings (SSSR count). The minimum atomic E-state index is -0.371. The Bertz CT molecular complexity index is 1180. The van der Waals surface area contributed by atoms with Crippen molar-refractivity contribution in [3.05, 3.63) is 58.6 Å². The van der Waals surface area contributed by atoms with E-state index in [1.54, 1.807) is 24.3 Å². The number of aryl methyl sites for hydroxylation is 1. The zero-order valence-corrected chi connectivity index (χ0v) is 18.6. The molecule has 166 valence electrons. The molecule has 2 atom stereocenters. The Morgan fingerprint density at radius 3 is 2.69 bits per heavy atom. The average molecular weight is 452 g/mol. The van der Waals surface area contributed by atoms with E-state index in [4.69, 9.17) is 23.1 Å². The van der Waals surface area contributed by atoms with E-state index in [2.05, 4.69) is 25.6 Å². The quantitative estimate of drug-likeness (QED) is 0.344. The predicted octanol–water partition coefficient (Wildman–Crippen LogP) is 3.84. The summed E-state index contributed by atoms with van der Waals surface area (Å²) in [7, 11) is 0. The molecule has 1 saturated carbocycles. The predicted molar refractivity (Wildman–Crippen MR) is 129 cm³/mol. The van der Waals surface area contributed by atoms with Crippen LogP contribution in [-0.4, -0.2) is 33.9 Å². The molecule has 0 bridgehead atoms. The van der Waals surface area contributed by atoms with Crippen LogP contribution in [0.2, 0.25) is 5.02 Å². The van der Waals surface area contributed by atoms with E-state index >= 15 is 0 Å². The van der Waals surface area contributed by atoms with Crippen LogP contribution in [0, 0.1) is 6.92 Å². The third-order valence-electron chi connectivity index (χ3n) is 5.56. The molecular weight excluding hydrogens is 426 g/mol. The molecule has 1 aliphatic rings. The van der Waals surface area contributed by atoms with Gasteiger partial charge in [0.05, 0.1) is 28.2 Å². The second-order valence-corrected chi connectivity index (χ2v) is 8.41. The largest absolute Gasteiger partial charge is 0.370 e. The smallest absolute Gasteiger partial charge is 0.259 e.